The van der Waals surface area contributed by atoms with Crippen LogP contribution in [0.25, 0.3) is 0 Å². The predicted octanol–water partition coefficient (Wildman–Crippen LogP) is 0.121. The molecule has 0 saturated carbocycles. The topological polar surface area (TPSA) is 72.8 Å². The molecule has 0 fully saturated rings. The van der Waals surface area contributed by atoms with Crippen LogP contribution in [0.1, 0.15) is 11.5 Å². The van der Waals surface area contributed by atoms with Crippen molar-refractivity contribution in [3.8, 4) is 0 Å². The van der Waals surface area contributed by atoms with Crippen LogP contribution < -0.4 is 5.11 Å². The average molecular weight is 217 g/mol. The van der Waals surface area contributed by atoms with Crippen molar-refractivity contribution in [2.24, 2.45) is 4.99 Å². The highest BCUT2D eigenvalue weighted by atomic mass is 16.3. The van der Waals surface area contributed by atoms with E-state index >= 15 is 0 Å². The number of aliphatic imine (C=N–C) groups is 1. The standard InChI is InChI=1S/C11H10N2O3/c1-13-10(15)8(9(14)12-11(13)16)7-5-3-2-4-6-7/h2-6,8H,1H3,(H,12,14,16)/p-1. The van der Waals surface area contributed by atoms with E-state index in [1.54, 1.807) is 30.3 Å². The fourth-order valence-electron chi connectivity index (χ4n) is 1.56. The second-order valence-corrected chi connectivity index (χ2v) is 3.47. The van der Waals surface area contributed by atoms with E-state index < -0.39 is 23.8 Å². The Hall–Kier alpha value is -2.17. The summed E-state index contributed by atoms with van der Waals surface area (Å²) in [5.74, 6) is -2.21. The van der Waals surface area contributed by atoms with Gasteiger partial charge in [-0.15, -0.1) is 0 Å². The Kier molecular flexibility index (Phi) is 2.44. The molecule has 5 nitrogen and oxygen atoms in total. The highest BCUT2D eigenvalue weighted by Crippen LogP contribution is 2.21. The van der Waals surface area contributed by atoms with E-state index in [0.717, 1.165) is 4.90 Å². The molecule has 3 amide bonds. The molecule has 2 rings (SSSR count). The second-order valence-electron chi connectivity index (χ2n) is 3.47. The van der Waals surface area contributed by atoms with Gasteiger partial charge in [0.05, 0.1) is 5.92 Å². The van der Waals surface area contributed by atoms with Crippen molar-refractivity contribution in [1.29, 1.82) is 0 Å². The van der Waals surface area contributed by atoms with Crippen LogP contribution in [-0.4, -0.2) is 29.8 Å². The number of benzene rings is 1. The third-order valence-electron chi connectivity index (χ3n) is 2.45. The maximum atomic E-state index is 11.8. The molecule has 0 radical (unpaired) electrons. The number of likely N-dealkylation sites (N-methyl/N-ethyl adjacent to an activating group) is 1. The van der Waals surface area contributed by atoms with E-state index in [0.29, 0.717) is 5.56 Å². The van der Waals surface area contributed by atoms with E-state index in [1.807, 2.05) is 0 Å². The van der Waals surface area contributed by atoms with Gasteiger partial charge in [0.1, 0.15) is 0 Å². The molecule has 1 aromatic rings. The fourth-order valence-corrected chi connectivity index (χ4v) is 1.56. The Labute approximate surface area is 92.0 Å². The zero-order valence-corrected chi connectivity index (χ0v) is 8.58. The van der Waals surface area contributed by atoms with E-state index in [9.17, 15) is 14.7 Å². The summed E-state index contributed by atoms with van der Waals surface area (Å²) in [6.07, 6.45) is 0. The second kappa shape index (κ2) is 3.77. The average Bonchev–Trinajstić information content (AvgIpc) is 2.28. The predicted molar refractivity (Wildman–Crippen MR) is 54.8 cm³/mol. The first kappa shape index (κ1) is 10.4. The van der Waals surface area contributed by atoms with E-state index in [4.69, 9.17) is 0 Å². The first-order chi connectivity index (χ1) is 7.61. The number of carbonyl (C=O) groups is 2. The summed E-state index contributed by atoms with van der Waals surface area (Å²) in [7, 11) is 1.32. The summed E-state index contributed by atoms with van der Waals surface area (Å²) in [4.78, 5) is 27.0. The molecule has 0 spiro atoms. The third kappa shape index (κ3) is 1.56. The van der Waals surface area contributed by atoms with Crippen LogP contribution in [0.3, 0.4) is 0 Å². The lowest BCUT2D eigenvalue weighted by molar-refractivity contribution is -0.221. The highest BCUT2D eigenvalue weighted by molar-refractivity contribution is 6.15. The van der Waals surface area contributed by atoms with Gasteiger partial charge >= 0.3 is 6.03 Å². The summed E-state index contributed by atoms with van der Waals surface area (Å²) in [6.45, 7) is 0. The molecule has 1 aliphatic heterocycles. The summed E-state index contributed by atoms with van der Waals surface area (Å²) in [5, 5.41) is 11.5. The number of hydrogen-bond acceptors (Lipinski definition) is 3. The van der Waals surface area contributed by atoms with Crippen LogP contribution >= 0.6 is 0 Å². The molecule has 0 N–H and O–H groups in total. The molecule has 1 unspecified atom stereocenters. The van der Waals surface area contributed by atoms with Crippen molar-refractivity contribution < 1.29 is 14.7 Å². The highest BCUT2D eigenvalue weighted by Gasteiger charge is 2.31. The molecule has 0 aromatic heterocycles. The van der Waals surface area contributed by atoms with Gasteiger partial charge in [-0.1, -0.05) is 30.3 Å². The van der Waals surface area contributed by atoms with Gasteiger partial charge in [0.15, 0.2) is 0 Å². The maximum Gasteiger partial charge on any atom is 0.349 e. The van der Waals surface area contributed by atoms with Crippen LogP contribution in [0.15, 0.2) is 35.3 Å². The van der Waals surface area contributed by atoms with Gasteiger partial charge in [0, 0.05) is 7.05 Å². The maximum absolute atomic E-state index is 11.8. The molecule has 1 aliphatic rings. The zero-order chi connectivity index (χ0) is 11.7. The molecule has 0 bridgehead atoms. The fraction of sp³-hybridized carbons (Fsp3) is 0.182. The number of hydrogen-bond donors (Lipinski definition) is 0. The van der Waals surface area contributed by atoms with Crippen molar-refractivity contribution in [1.82, 2.24) is 4.90 Å². The van der Waals surface area contributed by atoms with Crippen LogP contribution in [0, 0.1) is 0 Å². The Balaban J connectivity index is 2.46. The Bertz CT molecular complexity index is 467. The van der Waals surface area contributed by atoms with Gasteiger partial charge in [0.25, 0.3) is 0 Å². The van der Waals surface area contributed by atoms with Crippen LogP contribution in [0.2, 0.25) is 0 Å². The lowest BCUT2D eigenvalue weighted by atomic mass is 9.96. The molecule has 82 valence electrons. The number of urea groups is 1. The number of nitrogens with zero attached hydrogens (tertiary/aromatic N) is 2. The molecule has 1 heterocycles. The summed E-state index contributed by atoms with van der Waals surface area (Å²) >= 11 is 0. The van der Waals surface area contributed by atoms with Gasteiger partial charge in [-0.3, -0.25) is 9.69 Å². The number of rotatable bonds is 1. The summed E-state index contributed by atoms with van der Waals surface area (Å²) in [6, 6.07) is 7.77. The summed E-state index contributed by atoms with van der Waals surface area (Å²) in [5.41, 5.74) is 0.556. The molecule has 0 aliphatic carbocycles. The van der Waals surface area contributed by atoms with Crippen molar-refractivity contribution >= 4 is 17.8 Å². The van der Waals surface area contributed by atoms with Crippen molar-refractivity contribution in [3.63, 3.8) is 0 Å². The van der Waals surface area contributed by atoms with Crippen molar-refractivity contribution in [3.05, 3.63) is 35.9 Å². The SMILES string of the molecule is CN1C(=O)N=C([O-])C(c2ccccc2)C1=O. The van der Waals surface area contributed by atoms with Gasteiger partial charge in [-0.25, -0.2) is 9.79 Å². The van der Waals surface area contributed by atoms with Gasteiger partial charge in [-0.05, 0) is 11.5 Å². The summed E-state index contributed by atoms with van der Waals surface area (Å²) < 4.78 is 0. The molecular weight excluding hydrogens is 208 g/mol. The Morgan fingerprint density at radius 1 is 1.25 bits per heavy atom. The number of imide groups is 1. The van der Waals surface area contributed by atoms with Crippen molar-refractivity contribution in [2.45, 2.75) is 5.92 Å². The minimum Gasteiger partial charge on any atom is -0.861 e. The van der Waals surface area contributed by atoms with Crippen LogP contribution in [0.4, 0.5) is 4.79 Å². The van der Waals surface area contributed by atoms with Crippen LogP contribution in [-0.2, 0) is 4.79 Å². The van der Waals surface area contributed by atoms with E-state index in [2.05, 4.69) is 4.99 Å². The number of carbonyl (C=O) groups excluding carboxylic acids is 2. The minimum absolute atomic E-state index is 0.531. The van der Waals surface area contributed by atoms with Gasteiger partial charge in [-0.2, -0.15) is 0 Å². The third-order valence-corrected chi connectivity index (χ3v) is 2.45. The molecule has 5 heteroatoms. The Morgan fingerprint density at radius 3 is 2.50 bits per heavy atom. The quantitative estimate of drug-likeness (QED) is 0.670. The van der Waals surface area contributed by atoms with Gasteiger partial charge < -0.3 is 5.11 Å². The minimum atomic E-state index is -0.983. The molecule has 0 saturated heterocycles. The zero-order valence-electron chi connectivity index (χ0n) is 8.58. The lowest BCUT2D eigenvalue weighted by Crippen LogP contribution is -2.47. The first-order valence-electron chi connectivity index (χ1n) is 4.73. The van der Waals surface area contributed by atoms with E-state index in [-0.39, 0.29) is 0 Å². The van der Waals surface area contributed by atoms with Crippen molar-refractivity contribution in [2.75, 3.05) is 7.05 Å². The Morgan fingerprint density at radius 2 is 1.88 bits per heavy atom. The first-order valence-corrected chi connectivity index (χ1v) is 4.73. The van der Waals surface area contributed by atoms with E-state index in [1.165, 1.54) is 7.05 Å². The molecule has 1 atom stereocenters. The normalized spacial score (nSPS) is 20.9. The monoisotopic (exact) mass is 217 g/mol. The lowest BCUT2D eigenvalue weighted by Gasteiger charge is -2.30. The largest absolute Gasteiger partial charge is 0.861 e. The molecule has 16 heavy (non-hydrogen) atoms. The smallest absolute Gasteiger partial charge is 0.349 e. The molecular formula is C11H9N2O3-. The molecule has 1 aromatic carbocycles. The number of amides is 3. The van der Waals surface area contributed by atoms with Gasteiger partial charge in [0.2, 0.25) is 5.91 Å². The van der Waals surface area contributed by atoms with Crippen LogP contribution in [0.5, 0.6) is 0 Å².